The number of nitrogens with one attached hydrogen (secondary N) is 2. The fourth-order valence-electron chi connectivity index (χ4n) is 3.64. The van der Waals surface area contributed by atoms with Crippen LogP contribution in [0, 0.1) is 10.1 Å². The minimum atomic E-state index is -0.486. The molecule has 7 nitrogen and oxygen atoms in total. The Morgan fingerprint density at radius 2 is 1.63 bits per heavy atom. The van der Waals surface area contributed by atoms with Crippen molar-refractivity contribution in [2.75, 3.05) is 11.9 Å². The monoisotopic (exact) mass is 400 g/mol. The molecule has 1 heterocycles. The lowest BCUT2D eigenvalue weighted by Gasteiger charge is -2.19. The van der Waals surface area contributed by atoms with E-state index in [1.54, 1.807) is 6.07 Å². The number of anilines is 1. The first-order valence-electron chi connectivity index (χ1n) is 9.63. The van der Waals surface area contributed by atoms with Crippen LogP contribution < -0.4 is 10.9 Å². The molecule has 2 N–H and O–H groups in total. The minimum absolute atomic E-state index is 0.142. The van der Waals surface area contributed by atoms with Gasteiger partial charge in [-0.1, -0.05) is 60.7 Å². The van der Waals surface area contributed by atoms with Crippen LogP contribution in [0.5, 0.6) is 0 Å². The van der Waals surface area contributed by atoms with E-state index < -0.39 is 10.5 Å². The van der Waals surface area contributed by atoms with Crippen molar-refractivity contribution in [3.63, 3.8) is 0 Å². The number of rotatable bonds is 7. The molecule has 0 aliphatic rings. The van der Waals surface area contributed by atoms with Gasteiger partial charge in [-0.2, -0.15) is 0 Å². The number of nitrogens with zero attached hydrogens (tertiary/aromatic N) is 2. The molecule has 0 aliphatic carbocycles. The molecule has 0 aliphatic heterocycles. The summed E-state index contributed by atoms with van der Waals surface area (Å²) in [7, 11) is 0. The lowest BCUT2D eigenvalue weighted by atomic mass is 9.88. The average Bonchev–Trinajstić information content (AvgIpc) is 2.77. The zero-order valence-electron chi connectivity index (χ0n) is 16.1. The summed E-state index contributed by atoms with van der Waals surface area (Å²) in [5.41, 5.74) is 2.60. The normalized spacial score (nSPS) is 11.0. The van der Waals surface area contributed by atoms with E-state index in [1.807, 2.05) is 36.4 Å². The summed E-state index contributed by atoms with van der Waals surface area (Å²) in [6.45, 7) is 0.518. The Balaban J connectivity index is 1.60. The average molecular weight is 400 g/mol. The fourth-order valence-corrected chi connectivity index (χ4v) is 3.64. The molecule has 0 spiro atoms. The molecule has 0 amide bonds. The number of aromatic nitrogens is 2. The van der Waals surface area contributed by atoms with Crippen molar-refractivity contribution in [2.24, 2.45) is 0 Å². The van der Waals surface area contributed by atoms with Crippen molar-refractivity contribution in [3.05, 3.63) is 111 Å². The van der Waals surface area contributed by atoms with Crippen LogP contribution in [0.25, 0.3) is 10.9 Å². The second-order valence-electron chi connectivity index (χ2n) is 6.96. The smallest absolute Gasteiger partial charge is 0.293 e. The molecule has 0 fully saturated rings. The van der Waals surface area contributed by atoms with E-state index in [4.69, 9.17) is 0 Å². The van der Waals surface area contributed by atoms with Gasteiger partial charge in [0, 0.05) is 18.5 Å². The number of benzene rings is 3. The molecule has 3 aromatic carbocycles. The Morgan fingerprint density at radius 3 is 2.23 bits per heavy atom. The SMILES string of the molecule is O=c1[nH]cnc2cc(NCCC(c3ccccc3)c3ccccc3)c([N+](=O)[O-])cc12. The van der Waals surface area contributed by atoms with Gasteiger partial charge >= 0.3 is 0 Å². The Labute approximate surface area is 172 Å². The highest BCUT2D eigenvalue weighted by atomic mass is 16.6. The molecule has 0 radical (unpaired) electrons. The molecule has 4 aromatic rings. The first kappa shape index (κ1) is 19.3. The Kier molecular flexibility index (Phi) is 5.52. The maximum atomic E-state index is 11.9. The maximum absolute atomic E-state index is 11.9. The molecule has 0 bridgehead atoms. The van der Waals surface area contributed by atoms with E-state index in [2.05, 4.69) is 39.6 Å². The van der Waals surface area contributed by atoms with Crippen LogP contribution in [0.1, 0.15) is 23.5 Å². The van der Waals surface area contributed by atoms with Gasteiger partial charge in [-0.25, -0.2) is 4.98 Å². The predicted molar refractivity (Wildman–Crippen MR) is 117 cm³/mol. The van der Waals surface area contributed by atoms with E-state index in [-0.39, 0.29) is 17.0 Å². The molecule has 0 saturated carbocycles. The third-order valence-electron chi connectivity index (χ3n) is 5.11. The van der Waals surface area contributed by atoms with Gasteiger partial charge in [0.1, 0.15) is 5.69 Å². The number of fused-ring (bicyclic) bond motifs is 1. The second-order valence-corrected chi connectivity index (χ2v) is 6.96. The van der Waals surface area contributed by atoms with Gasteiger partial charge in [0.2, 0.25) is 0 Å². The van der Waals surface area contributed by atoms with E-state index >= 15 is 0 Å². The van der Waals surface area contributed by atoms with E-state index in [9.17, 15) is 14.9 Å². The zero-order chi connectivity index (χ0) is 20.9. The Hall–Kier alpha value is -4.00. The number of H-pyrrole nitrogens is 1. The maximum Gasteiger partial charge on any atom is 0.293 e. The first-order valence-corrected chi connectivity index (χ1v) is 9.63. The number of nitro benzene ring substituents is 1. The molecule has 0 unspecified atom stereocenters. The third kappa shape index (κ3) is 4.05. The van der Waals surface area contributed by atoms with E-state index in [1.165, 1.54) is 23.5 Å². The van der Waals surface area contributed by atoms with Gasteiger partial charge in [0.15, 0.2) is 0 Å². The summed E-state index contributed by atoms with van der Waals surface area (Å²) in [6, 6.07) is 23.2. The van der Waals surface area contributed by atoms with Gasteiger partial charge < -0.3 is 10.3 Å². The van der Waals surface area contributed by atoms with Crippen LogP contribution in [-0.2, 0) is 0 Å². The van der Waals surface area contributed by atoms with Gasteiger partial charge in [-0.05, 0) is 23.6 Å². The van der Waals surface area contributed by atoms with Gasteiger partial charge in [-0.15, -0.1) is 0 Å². The third-order valence-corrected chi connectivity index (χ3v) is 5.11. The molecule has 30 heavy (non-hydrogen) atoms. The Bertz CT molecular complexity index is 1180. The predicted octanol–water partition coefficient (Wildman–Crippen LogP) is 4.47. The molecule has 1 aromatic heterocycles. The van der Waals surface area contributed by atoms with Crippen molar-refractivity contribution in [2.45, 2.75) is 12.3 Å². The standard InChI is InChI=1S/C23H20N4O3/c28-23-19-13-22(27(29)30)21(14-20(19)25-15-26-23)24-12-11-18(16-7-3-1-4-8-16)17-9-5-2-6-10-17/h1-10,13-15,18,24H,11-12H2,(H,25,26,28). The largest absolute Gasteiger partial charge is 0.379 e. The summed E-state index contributed by atoms with van der Waals surface area (Å²) in [5.74, 6) is 0.153. The van der Waals surface area contributed by atoms with Crippen molar-refractivity contribution >= 4 is 22.3 Å². The fraction of sp³-hybridized carbons (Fsp3) is 0.130. The van der Waals surface area contributed by atoms with Crippen LogP contribution in [-0.4, -0.2) is 21.4 Å². The summed E-state index contributed by atoms with van der Waals surface area (Å²) in [5, 5.41) is 14.9. The van der Waals surface area contributed by atoms with Crippen molar-refractivity contribution < 1.29 is 4.92 Å². The van der Waals surface area contributed by atoms with Gasteiger partial charge in [0.25, 0.3) is 11.2 Å². The molecule has 4 rings (SSSR count). The molecule has 7 heteroatoms. The molecule has 0 saturated heterocycles. The second kappa shape index (κ2) is 8.57. The summed E-state index contributed by atoms with van der Waals surface area (Å²) in [4.78, 5) is 29.6. The molecule has 0 atom stereocenters. The summed E-state index contributed by atoms with van der Waals surface area (Å²) in [6.07, 6.45) is 2.03. The highest BCUT2D eigenvalue weighted by molar-refractivity contribution is 5.86. The highest BCUT2D eigenvalue weighted by Gasteiger charge is 2.18. The number of hydrogen-bond acceptors (Lipinski definition) is 5. The van der Waals surface area contributed by atoms with Crippen LogP contribution >= 0.6 is 0 Å². The van der Waals surface area contributed by atoms with Crippen LogP contribution in [0.2, 0.25) is 0 Å². The zero-order valence-corrected chi connectivity index (χ0v) is 16.1. The van der Waals surface area contributed by atoms with E-state index in [0.29, 0.717) is 17.7 Å². The van der Waals surface area contributed by atoms with Crippen LogP contribution in [0.3, 0.4) is 0 Å². The van der Waals surface area contributed by atoms with Crippen molar-refractivity contribution in [1.82, 2.24) is 9.97 Å². The quantitative estimate of drug-likeness (QED) is 0.352. The lowest BCUT2D eigenvalue weighted by Crippen LogP contribution is -2.12. The molecular weight excluding hydrogens is 380 g/mol. The number of aromatic amines is 1. The first-order chi connectivity index (χ1) is 14.6. The number of hydrogen-bond donors (Lipinski definition) is 2. The van der Waals surface area contributed by atoms with Crippen LogP contribution in [0.4, 0.5) is 11.4 Å². The molecular formula is C23H20N4O3. The Morgan fingerprint density at radius 1 is 1.00 bits per heavy atom. The summed E-state index contributed by atoms with van der Waals surface area (Å²) < 4.78 is 0. The van der Waals surface area contributed by atoms with Crippen molar-refractivity contribution in [1.29, 1.82) is 0 Å². The lowest BCUT2D eigenvalue weighted by molar-refractivity contribution is -0.383. The van der Waals surface area contributed by atoms with Crippen molar-refractivity contribution in [3.8, 4) is 0 Å². The van der Waals surface area contributed by atoms with Gasteiger partial charge in [-0.3, -0.25) is 14.9 Å². The van der Waals surface area contributed by atoms with Crippen LogP contribution in [0.15, 0.2) is 83.9 Å². The van der Waals surface area contributed by atoms with Gasteiger partial charge in [0.05, 0.1) is 22.2 Å². The minimum Gasteiger partial charge on any atom is -0.379 e. The molecule has 150 valence electrons. The highest BCUT2D eigenvalue weighted by Crippen LogP contribution is 2.30. The van der Waals surface area contributed by atoms with E-state index in [0.717, 1.165) is 6.42 Å². The summed E-state index contributed by atoms with van der Waals surface area (Å²) >= 11 is 0. The topological polar surface area (TPSA) is 101 Å². The number of nitro groups is 1.